The summed E-state index contributed by atoms with van der Waals surface area (Å²) in [6, 6.07) is 9.97. The van der Waals surface area contributed by atoms with Crippen molar-refractivity contribution in [3.63, 3.8) is 0 Å². The minimum atomic E-state index is -0.289. The number of carbonyl (C=O) groups is 2. The lowest BCUT2D eigenvalue weighted by molar-refractivity contribution is -0.137. The predicted molar refractivity (Wildman–Crippen MR) is 102 cm³/mol. The van der Waals surface area contributed by atoms with Crippen LogP contribution in [0.4, 0.5) is 4.79 Å². The minimum absolute atomic E-state index is 0. The van der Waals surface area contributed by atoms with Crippen molar-refractivity contribution in [2.45, 2.75) is 31.9 Å². The molecule has 1 N–H and O–H groups in total. The molecule has 2 saturated heterocycles. The Morgan fingerprint density at radius 3 is 2.50 bits per heavy atom. The Hall–Kier alpha value is -1.79. The van der Waals surface area contributed by atoms with Crippen LogP contribution in [0.1, 0.15) is 24.8 Å². The van der Waals surface area contributed by atoms with Gasteiger partial charge in [-0.1, -0.05) is 30.3 Å². The fourth-order valence-electron chi connectivity index (χ4n) is 3.56. The van der Waals surface area contributed by atoms with E-state index in [1.165, 1.54) is 0 Å². The maximum atomic E-state index is 12.6. The van der Waals surface area contributed by atoms with Gasteiger partial charge in [-0.3, -0.25) is 4.79 Å². The van der Waals surface area contributed by atoms with Crippen LogP contribution in [-0.2, 0) is 16.1 Å². The number of nitrogens with zero attached hydrogens (tertiary/aromatic N) is 2. The third-order valence-corrected chi connectivity index (χ3v) is 5.24. The molecule has 0 aliphatic carbocycles. The van der Waals surface area contributed by atoms with Crippen molar-refractivity contribution in [3.05, 3.63) is 35.9 Å². The molecule has 0 unspecified atom stereocenters. The highest BCUT2D eigenvalue weighted by Gasteiger charge is 2.32. The fourth-order valence-corrected chi connectivity index (χ4v) is 3.56. The second-order valence-electron chi connectivity index (χ2n) is 6.90. The van der Waals surface area contributed by atoms with E-state index in [1.807, 2.05) is 42.3 Å². The summed E-state index contributed by atoms with van der Waals surface area (Å²) in [4.78, 5) is 28.4. The van der Waals surface area contributed by atoms with Crippen LogP contribution in [0.5, 0.6) is 0 Å². The van der Waals surface area contributed by atoms with Gasteiger partial charge >= 0.3 is 6.09 Å². The Labute approximate surface area is 161 Å². The van der Waals surface area contributed by atoms with Gasteiger partial charge in [0.25, 0.3) is 0 Å². The highest BCUT2D eigenvalue weighted by Crippen LogP contribution is 2.22. The van der Waals surface area contributed by atoms with E-state index in [0.29, 0.717) is 32.0 Å². The molecule has 144 valence electrons. The molecule has 0 saturated carbocycles. The smallest absolute Gasteiger partial charge is 0.410 e. The zero-order valence-corrected chi connectivity index (χ0v) is 16.0. The third-order valence-electron chi connectivity index (χ3n) is 5.24. The molecule has 2 aliphatic rings. The van der Waals surface area contributed by atoms with Gasteiger partial charge in [0.1, 0.15) is 6.61 Å². The molecule has 6 nitrogen and oxygen atoms in total. The van der Waals surface area contributed by atoms with Crippen molar-refractivity contribution in [1.29, 1.82) is 0 Å². The lowest BCUT2D eigenvalue weighted by Gasteiger charge is -2.34. The van der Waals surface area contributed by atoms with E-state index in [0.717, 1.165) is 25.1 Å². The minimum Gasteiger partial charge on any atom is -0.445 e. The van der Waals surface area contributed by atoms with Gasteiger partial charge in [0.2, 0.25) is 5.91 Å². The van der Waals surface area contributed by atoms with Crippen molar-refractivity contribution in [1.82, 2.24) is 15.1 Å². The first kappa shape index (κ1) is 20.5. The summed E-state index contributed by atoms with van der Waals surface area (Å²) in [6.07, 6.45) is 2.16. The molecule has 3 rings (SSSR count). The SMILES string of the molecule is CN(C(=O)C1CCN(C(=O)OCc2ccccc2)CC1)[C@H]1CCNC1.Cl. The number of likely N-dealkylation sites (N-methyl/N-ethyl adjacent to an activating group) is 1. The molecule has 7 heteroatoms. The van der Waals surface area contributed by atoms with Crippen LogP contribution >= 0.6 is 12.4 Å². The Morgan fingerprint density at radius 2 is 1.88 bits per heavy atom. The second-order valence-corrected chi connectivity index (χ2v) is 6.90. The molecular weight excluding hydrogens is 354 g/mol. The lowest BCUT2D eigenvalue weighted by Crippen LogP contribution is -2.46. The van der Waals surface area contributed by atoms with Gasteiger partial charge in [-0.05, 0) is 31.4 Å². The number of piperidine rings is 1. The molecule has 0 radical (unpaired) electrons. The summed E-state index contributed by atoms with van der Waals surface area (Å²) in [5, 5.41) is 3.30. The van der Waals surface area contributed by atoms with Crippen LogP contribution in [-0.4, -0.2) is 61.1 Å². The molecule has 1 aromatic carbocycles. The number of rotatable bonds is 4. The van der Waals surface area contributed by atoms with Crippen molar-refractivity contribution in [2.75, 3.05) is 33.2 Å². The molecule has 2 amide bonds. The molecule has 0 spiro atoms. The van der Waals surface area contributed by atoms with Crippen LogP contribution in [0.2, 0.25) is 0 Å². The maximum Gasteiger partial charge on any atom is 0.410 e. The zero-order valence-electron chi connectivity index (χ0n) is 15.2. The summed E-state index contributed by atoms with van der Waals surface area (Å²) < 4.78 is 5.38. The van der Waals surface area contributed by atoms with Crippen molar-refractivity contribution < 1.29 is 14.3 Å². The molecule has 0 bridgehead atoms. The Bertz CT molecular complexity index is 585. The average Bonchev–Trinajstić information content (AvgIpc) is 3.20. The third kappa shape index (κ3) is 5.11. The van der Waals surface area contributed by atoms with E-state index in [1.54, 1.807) is 4.90 Å². The highest BCUT2D eigenvalue weighted by atomic mass is 35.5. The molecule has 1 atom stereocenters. The van der Waals surface area contributed by atoms with Gasteiger partial charge in [-0.25, -0.2) is 4.79 Å². The van der Waals surface area contributed by atoms with Gasteiger partial charge < -0.3 is 19.9 Å². The zero-order chi connectivity index (χ0) is 17.6. The average molecular weight is 382 g/mol. The summed E-state index contributed by atoms with van der Waals surface area (Å²) in [6.45, 7) is 3.32. The largest absolute Gasteiger partial charge is 0.445 e. The summed E-state index contributed by atoms with van der Waals surface area (Å²) >= 11 is 0. The molecule has 2 aliphatic heterocycles. The van der Waals surface area contributed by atoms with Crippen LogP contribution in [0.25, 0.3) is 0 Å². The number of carbonyl (C=O) groups excluding carboxylic acids is 2. The normalized spacial score (nSPS) is 20.3. The van der Waals surface area contributed by atoms with Gasteiger partial charge in [0, 0.05) is 38.6 Å². The number of benzene rings is 1. The standard InChI is InChI=1S/C19H27N3O3.ClH/c1-21(17-7-10-20-13-17)18(23)16-8-11-22(12-9-16)19(24)25-14-15-5-3-2-4-6-15;/h2-6,16-17,20H,7-14H2,1H3;1H/t17-;/m0./s1. The predicted octanol–water partition coefficient (Wildman–Crippen LogP) is 2.28. The molecule has 2 fully saturated rings. The van der Waals surface area contributed by atoms with Gasteiger partial charge in [0.05, 0.1) is 0 Å². The molecule has 26 heavy (non-hydrogen) atoms. The first-order chi connectivity index (χ1) is 12.1. The lowest BCUT2D eigenvalue weighted by atomic mass is 9.95. The maximum absolute atomic E-state index is 12.6. The van der Waals surface area contributed by atoms with Gasteiger partial charge in [0.15, 0.2) is 0 Å². The molecule has 2 heterocycles. The van der Waals surface area contributed by atoms with E-state index >= 15 is 0 Å². The van der Waals surface area contributed by atoms with E-state index in [2.05, 4.69) is 5.32 Å². The van der Waals surface area contributed by atoms with E-state index in [9.17, 15) is 9.59 Å². The van der Waals surface area contributed by atoms with E-state index < -0.39 is 0 Å². The number of amides is 2. The Kier molecular flexibility index (Phi) is 7.72. The van der Waals surface area contributed by atoms with Crippen molar-refractivity contribution in [3.8, 4) is 0 Å². The quantitative estimate of drug-likeness (QED) is 0.869. The fraction of sp³-hybridized carbons (Fsp3) is 0.579. The van der Waals surface area contributed by atoms with E-state index in [4.69, 9.17) is 4.74 Å². The topological polar surface area (TPSA) is 61.9 Å². The summed E-state index contributed by atoms with van der Waals surface area (Å²) in [7, 11) is 1.90. The highest BCUT2D eigenvalue weighted by molar-refractivity contribution is 5.85. The number of hydrogen-bond acceptors (Lipinski definition) is 4. The van der Waals surface area contributed by atoms with Crippen LogP contribution < -0.4 is 5.32 Å². The molecule has 1 aromatic rings. The van der Waals surface area contributed by atoms with Gasteiger partial charge in [-0.15, -0.1) is 12.4 Å². The van der Waals surface area contributed by atoms with Crippen molar-refractivity contribution >= 4 is 24.4 Å². The van der Waals surface area contributed by atoms with E-state index in [-0.39, 0.29) is 36.9 Å². The number of nitrogens with one attached hydrogen (secondary N) is 1. The van der Waals surface area contributed by atoms with Gasteiger partial charge in [-0.2, -0.15) is 0 Å². The monoisotopic (exact) mass is 381 g/mol. The van der Waals surface area contributed by atoms with Crippen LogP contribution in [0.15, 0.2) is 30.3 Å². The Balaban J connectivity index is 0.00000243. The molecular formula is C19H28ClN3O3. The number of hydrogen-bond donors (Lipinski definition) is 1. The van der Waals surface area contributed by atoms with Crippen LogP contribution in [0.3, 0.4) is 0 Å². The Morgan fingerprint density at radius 1 is 1.19 bits per heavy atom. The summed E-state index contributed by atoms with van der Waals surface area (Å²) in [5.74, 6) is 0.231. The van der Waals surface area contributed by atoms with Crippen molar-refractivity contribution in [2.24, 2.45) is 5.92 Å². The second kappa shape index (κ2) is 9.78. The van der Waals surface area contributed by atoms with Crippen LogP contribution in [0, 0.1) is 5.92 Å². The number of ether oxygens (including phenoxy) is 1. The molecule has 0 aromatic heterocycles. The first-order valence-electron chi connectivity index (χ1n) is 9.08. The summed E-state index contributed by atoms with van der Waals surface area (Å²) in [5.41, 5.74) is 0.979. The number of halogens is 1. The number of likely N-dealkylation sites (tertiary alicyclic amines) is 1. The first-order valence-corrected chi connectivity index (χ1v) is 9.08.